The summed E-state index contributed by atoms with van der Waals surface area (Å²) in [6, 6.07) is 8.06. The Morgan fingerprint density at radius 1 is 0.639 bits per heavy atom. The highest BCUT2D eigenvalue weighted by molar-refractivity contribution is 5.96. The van der Waals surface area contributed by atoms with E-state index >= 15 is 0 Å². The highest BCUT2D eigenvalue weighted by Crippen LogP contribution is 2.27. The molecule has 0 saturated carbocycles. The maximum Gasteiger partial charge on any atom is 0.351 e. The molecule has 0 saturated heterocycles. The van der Waals surface area contributed by atoms with Crippen molar-refractivity contribution in [2.45, 2.75) is 97.0 Å². The largest absolute Gasteiger partial charge is 0.466 e. The highest BCUT2D eigenvalue weighted by atomic mass is 16.6. The van der Waals surface area contributed by atoms with Crippen LogP contribution in [-0.2, 0) is 33.3 Å². The first kappa shape index (κ1) is 31.1. The second-order valence-electron chi connectivity index (χ2n) is 8.80. The first-order valence-electron chi connectivity index (χ1n) is 13.1. The Bertz CT molecular complexity index is 764. The lowest BCUT2D eigenvalue weighted by Crippen LogP contribution is -2.48. The molecule has 0 atom stereocenters. The molecule has 1 aromatic rings. The van der Waals surface area contributed by atoms with Crippen LogP contribution in [0.4, 0.5) is 0 Å². The minimum atomic E-state index is -2.19. The minimum absolute atomic E-state index is 0.0778. The molecule has 0 aromatic heterocycles. The average molecular weight is 507 g/mol. The van der Waals surface area contributed by atoms with E-state index in [0.717, 1.165) is 38.5 Å². The van der Waals surface area contributed by atoms with Crippen molar-refractivity contribution in [3.63, 3.8) is 0 Å². The van der Waals surface area contributed by atoms with Crippen molar-refractivity contribution in [2.24, 2.45) is 0 Å². The Hall–Kier alpha value is -2.90. The van der Waals surface area contributed by atoms with Gasteiger partial charge in [0, 0.05) is 0 Å². The SMILES string of the molecule is CCCCCOC(=O)CC(CC(=O)OCCCCC)(OC(=O)c1ccccc1)C(=O)OCCCCC. The standard InChI is InChI=1S/C28H42O8/c1-4-7-13-18-33-24(29)21-28(27(32)35-20-15-9-6-3,22-25(30)34-19-14-8-5-2)36-26(31)23-16-11-10-12-17-23/h10-12,16-17H,4-9,13-15,18-22H2,1-3H3. The molecular weight excluding hydrogens is 464 g/mol. The van der Waals surface area contributed by atoms with Crippen molar-refractivity contribution in [3.05, 3.63) is 35.9 Å². The maximum absolute atomic E-state index is 13.3. The summed E-state index contributed by atoms with van der Waals surface area (Å²) < 4.78 is 21.6. The molecule has 0 bridgehead atoms. The fraction of sp³-hybridized carbons (Fsp3) is 0.643. The molecule has 202 valence electrons. The number of ether oxygens (including phenoxy) is 4. The van der Waals surface area contributed by atoms with Crippen LogP contribution in [0.1, 0.15) is 102 Å². The van der Waals surface area contributed by atoms with Crippen molar-refractivity contribution in [1.29, 1.82) is 0 Å². The molecule has 0 fully saturated rings. The maximum atomic E-state index is 13.3. The molecule has 8 nitrogen and oxygen atoms in total. The van der Waals surface area contributed by atoms with E-state index in [4.69, 9.17) is 18.9 Å². The van der Waals surface area contributed by atoms with Gasteiger partial charge in [0.25, 0.3) is 0 Å². The van der Waals surface area contributed by atoms with Gasteiger partial charge in [-0.3, -0.25) is 9.59 Å². The molecule has 0 aliphatic carbocycles. The molecule has 1 rings (SSSR count). The van der Waals surface area contributed by atoms with Crippen LogP contribution in [0.15, 0.2) is 30.3 Å². The average Bonchev–Trinajstić information content (AvgIpc) is 2.87. The van der Waals surface area contributed by atoms with E-state index in [-0.39, 0.29) is 25.4 Å². The Labute approximate surface area is 215 Å². The van der Waals surface area contributed by atoms with E-state index in [1.165, 1.54) is 12.1 Å². The van der Waals surface area contributed by atoms with Gasteiger partial charge in [0.1, 0.15) is 0 Å². The van der Waals surface area contributed by atoms with Crippen molar-refractivity contribution < 1.29 is 38.1 Å². The smallest absolute Gasteiger partial charge is 0.351 e. The van der Waals surface area contributed by atoms with Gasteiger partial charge < -0.3 is 18.9 Å². The minimum Gasteiger partial charge on any atom is -0.466 e. The van der Waals surface area contributed by atoms with Gasteiger partial charge in [-0.05, 0) is 31.4 Å². The number of hydrogen-bond donors (Lipinski definition) is 0. The molecule has 0 radical (unpaired) electrons. The number of carbonyl (C=O) groups excluding carboxylic acids is 4. The summed E-state index contributed by atoms with van der Waals surface area (Å²) in [5, 5.41) is 0. The third kappa shape index (κ3) is 12.2. The highest BCUT2D eigenvalue weighted by Gasteiger charge is 2.49. The first-order chi connectivity index (χ1) is 17.4. The number of rotatable bonds is 19. The van der Waals surface area contributed by atoms with Crippen LogP contribution in [-0.4, -0.2) is 49.3 Å². The van der Waals surface area contributed by atoms with E-state index in [1.54, 1.807) is 18.2 Å². The number of unbranched alkanes of at least 4 members (excludes halogenated alkanes) is 6. The van der Waals surface area contributed by atoms with Crippen molar-refractivity contribution in [2.75, 3.05) is 19.8 Å². The van der Waals surface area contributed by atoms with Crippen LogP contribution in [0, 0.1) is 0 Å². The van der Waals surface area contributed by atoms with Gasteiger partial charge in [-0.25, -0.2) is 9.59 Å². The van der Waals surface area contributed by atoms with Gasteiger partial charge in [-0.2, -0.15) is 0 Å². The third-order valence-electron chi connectivity index (χ3n) is 5.53. The van der Waals surface area contributed by atoms with Crippen LogP contribution < -0.4 is 0 Å². The molecular formula is C28H42O8. The van der Waals surface area contributed by atoms with Gasteiger partial charge in [0.15, 0.2) is 0 Å². The predicted molar refractivity (Wildman–Crippen MR) is 135 cm³/mol. The predicted octanol–water partition coefficient (Wildman–Crippen LogP) is 5.56. The Kier molecular flexibility index (Phi) is 15.9. The Morgan fingerprint density at radius 2 is 1.08 bits per heavy atom. The molecule has 0 amide bonds. The molecule has 0 spiro atoms. The zero-order valence-corrected chi connectivity index (χ0v) is 22.1. The van der Waals surface area contributed by atoms with Gasteiger partial charge >= 0.3 is 23.9 Å². The summed E-state index contributed by atoms with van der Waals surface area (Å²) in [5.74, 6) is -3.31. The summed E-state index contributed by atoms with van der Waals surface area (Å²) in [5.41, 5.74) is -2.02. The van der Waals surface area contributed by atoms with E-state index in [1.807, 2.05) is 20.8 Å². The number of hydrogen-bond acceptors (Lipinski definition) is 8. The van der Waals surface area contributed by atoms with Crippen LogP contribution in [0.2, 0.25) is 0 Å². The monoisotopic (exact) mass is 506 g/mol. The second-order valence-corrected chi connectivity index (χ2v) is 8.80. The Balaban J connectivity index is 3.16. The Morgan fingerprint density at radius 3 is 1.53 bits per heavy atom. The summed E-state index contributed by atoms with van der Waals surface area (Å²) in [6.45, 7) is 6.48. The van der Waals surface area contributed by atoms with E-state index in [2.05, 4.69) is 0 Å². The van der Waals surface area contributed by atoms with Crippen LogP contribution >= 0.6 is 0 Å². The van der Waals surface area contributed by atoms with E-state index in [9.17, 15) is 19.2 Å². The van der Waals surface area contributed by atoms with Gasteiger partial charge in [0.2, 0.25) is 5.60 Å². The summed E-state index contributed by atoms with van der Waals surface area (Å²) >= 11 is 0. The van der Waals surface area contributed by atoms with E-state index < -0.39 is 42.3 Å². The number of benzene rings is 1. The molecule has 0 aliphatic rings. The summed E-state index contributed by atoms with van der Waals surface area (Å²) in [7, 11) is 0. The van der Waals surface area contributed by atoms with Gasteiger partial charge in [-0.1, -0.05) is 77.5 Å². The third-order valence-corrected chi connectivity index (χ3v) is 5.53. The normalized spacial score (nSPS) is 11.0. The number of carbonyl (C=O) groups is 4. The topological polar surface area (TPSA) is 105 Å². The molecule has 8 heteroatoms. The molecule has 1 aromatic carbocycles. The van der Waals surface area contributed by atoms with Crippen LogP contribution in [0.3, 0.4) is 0 Å². The molecule has 0 unspecified atom stereocenters. The van der Waals surface area contributed by atoms with Gasteiger partial charge in [0.05, 0.1) is 38.2 Å². The molecule has 36 heavy (non-hydrogen) atoms. The fourth-order valence-corrected chi connectivity index (χ4v) is 3.42. The lowest BCUT2D eigenvalue weighted by Gasteiger charge is -2.30. The summed E-state index contributed by atoms with van der Waals surface area (Å²) in [4.78, 5) is 51.7. The molecule has 0 aliphatic heterocycles. The molecule has 0 heterocycles. The molecule has 0 N–H and O–H groups in total. The fourth-order valence-electron chi connectivity index (χ4n) is 3.42. The van der Waals surface area contributed by atoms with Crippen molar-refractivity contribution in [3.8, 4) is 0 Å². The lowest BCUT2D eigenvalue weighted by atomic mass is 9.94. The van der Waals surface area contributed by atoms with Crippen molar-refractivity contribution in [1.82, 2.24) is 0 Å². The summed E-state index contributed by atoms with van der Waals surface area (Å²) in [6.07, 6.45) is 6.06. The van der Waals surface area contributed by atoms with Crippen LogP contribution in [0.5, 0.6) is 0 Å². The second kappa shape index (κ2) is 18.4. The van der Waals surface area contributed by atoms with Crippen LogP contribution in [0.25, 0.3) is 0 Å². The zero-order valence-electron chi connectivity index (χ0n) is 22.1. The quantitative estimate of drug-likeness (QED) is 0.136. The van der Waals surface area contributed by atoms with E-state index in [0.29, 0.717) is 19.3 Å². The lowest BCUT2D eigenvalue weighted by molar-refractivity contribution is -0.178. The number of esters is 4. The van der Waals surface area contributed by atoms with Gasteiger partial charge in [-0.15, -0.1) is 0 Å². The van der Waals surface area contributed by atoms with Crippen molar-refractivity contribution >= 4 is 23.9 Å². The zero-order chi connectivity index (χ0) is 26.7. The first-order valence-corrected chi connectivity index (χ1v) is 13.1.